The maximum absolute atomic E-state index is 13.6. The average Bonchev–Trinajstić information content (AvgIpc) is 2.73. The highest BCUT2D eigenvalue weighted by molar-refractivity contribution is 5.99. The van der Waals surface area contributed by atoms with E-state index in [1.54, 1.807) is 6.92 Å². The monoisotopic (exact) mass is 431 g/mol. The first-order chi connectivity index (χ1) is 14.7. The van der Waals surface area contributed by atoms with Crippen LogP contribution in [0.1, 0.15) is 35.3 Å². The number of allylic oxidation sites excluding steroid dienone is 2. The highest BCUT2D eigenvalue weighted by atomic mass is 19.1. The first-order valence-corrected chi connectivity index (χ1v) is 9.39. The summed E-state index contributed by atoms with van der Waals surface area (Å²) < 4.78 is 27.2. The summed E-state index contributed by atoms with van der Waals surface area (Å²) in [5.41, 5.74) is -0.125. The van der Waals surface area contributed by atoms with Crippen LogP contribution in [0.2, 0.25) is 0 Å². The number of benzene rings is 2. The lowest BCUT2D eigenvalue weighted by Gasteiger charge is -2.21. The van der Waals surface area contributed by atoms with Crippen LogP contribution in [0, 0.1) is 11.6 Å². The topological polar surface area (TPSA) is 98.7 Å². The van der Waals surface area contributed by atoms with E-state index >= 15 is 0 Å². The quantitative estimate of drug-likeness (QED) is 0.321. The maximum Gasteiger partial charge on any atom is 0.257 e. The first-order valence-electron chi connectivity index (χ1n) is 9.39. The van der Waals surface area contributed by atoms with Crippen molar-refractivity contribution in [2.24, 2.45) is 0 Å². The molecule has 3 N–H and O–H groups in total. The molecule has 0 radical (unpaired) electrons. The first kappa shape index (κ1) is 23.5. The summed E-state index contributed by atoms with van der Waals surface area (Å²) in [7, 11) is 3.04. The molecule has 7 nitrogen and oxygen atoms in total. The Balaban J connectivity index is 2.40. The number of hydrogen-bond donors (Lipinski definition) is 3. The van der Waals surface area contributed by atoms with Gasteiger partial charge in [-0.15, -0.1) is 0 Å². The Morgan fingerprint density at radius 2 is 1.71 bits per heavy atom. The number of nitrogens with zero attached hydrogens (tertiary/aromatic N) is 1. The number of nitrogens with one attached hydrogen (secondary N) is 2. The molecule has 0 saturated carbocycles. The lowest BCUT2D eigenvalue weighted by atomic mass is 10.0. The fourth-order valence-electron chi connectivity index (χ4n) is 2.92. The van der Waals surface area contributed by atoms with E-state index in [-0.39, 0.29) is 28.2 Å². The lowest BCUT2D eigenvalue weighted by molar-refractivity contribution is -0.107. The van der Waals surface area contributed by atoms with Gasteiger partial charge < -0.3 is 20.6 Å². The molecule has 2 aromatic rings. The molecule has 1 atom stereocenters. The van der Waals surface area contributed by atoms with Crippen LogP contribution < -0.4 is 10.6 Å². The van der Waals surface area contributed by atoms with Gasteiger partial charge in [0, 0.05) is 20.2 Å². The van der Waals surface area contributed by atoms with Gasteiger partial charge in [0.15, 0.2) is 18.3 Å². The molecule has 0 aliphatic rings. The van der Waals surface area contributed by atoms with E-state index in [1.807, 2.05) is 0 Å². The van der Waals surface area contributed by atoms with Crippen LogP contribution in [0.5, 0.6) is 5.75 Å². The molecule has 2 aromatic carbocycles. The molecule has 0 bridgehead atoms. The molecule has 0 fully saturated rings. The molecule has 2 rings (SSSR count). The third kappa shape index (κ3) is 5.65. The minimum Gasteiger partial charge on any atom is -0.505 e. The number of hydrogen-bond acceptors (Lipinski definition) is 6. The van der Waals surface area contributed by atoms with E-state index in [4.69, 9.17) is 0 Å². The molecule has 164 valence electrons. The highest BCUT2D eigenvalue weighted by Gasteiger charge is 2.19. The fourth-order valence-corrected chi connectivity index (χ4v) is 2.92. The van der Waals surface area contributed by atoms with Crippen molar-refractivity contribution < 1.29 is 28.3 Å². The zero-order valence-electron chi connectivity index (χ0n) is 17.3. The van der Waals surface area contributed by atoms with Crippen molar-refractivity contribution >= 4 is 24.2 Å². The third-order valence-electron chi connectivity index (χ3n) is 4.49. The highest BCUT2D eigenvalue weighted by Crippen LogP contribution is 2.29. The second kappa shape index (κ2) is 10.3. The summed E-state index contributed by atoms with van der Waals surface area (Å²) in [6.45, 7) is 1.74. The largest absolute Gasteiger partial charge is 0.505 e. The van der Waals surface area contributed by atoms with E-state index in [1.165, 1.54) is 37.2 Å². The number of amides is 1. The Morgan fingerprint density at radius 3 is 2.23 bits per heavy atom. The smallest absolute Gasteiger partial charge is 0.257 e. The van der Waals surface area contributed by atoms with Gasteiger partial charge in [0.1, 0.15) is 23.0 Å². The summed E-state index contributed by atoms with van der Waals surface area (Å²) in [5.74, 6) is -2.39. The van der Waals surface area contributed by atoms with E-state index in [9.17, 15) is 28.3 Å². The maximum atomic E-state index is 13.6. The molecule has 0 aromatic heterocycles. The molecule has 0 aliphatic carbocycles. The van der Waals surface area contributed by atoms with Crippen LogP contribution in [0.25, 0.3) is 0 Å². The Hall–Kier alpha value is -3.75. The van der Waals surface area contributed by atoms with Gasteiger partial charge in [0.05, 0.1) is 17.3 Å². The number of aromatic hydroxyl groups is 1. The lowest BCUT2D eigenvalue weighted by Crippen LogP contribution is -2.25. The Labute approximate surface area is 178 Å². The fraction of sp³-hybridized carbons (Fsp3) is 0.227. The van der Waals surface area contributed by atoms with Gasteiger partial charge in [-0.1, -0.05) is 13.0 Å². The minimum absolute atomic E-state index is 0.00234. The molecule has 0 spiro atoms. The van der Waals surface area contributed by atoms with Crippen LogP contribution in [0.3, 0.4) is 0 Å². The van der Waals surface area contributed by atoms with Crippen molar-refractivity contribution in [3.8, 4) is 5.75 Å². The molecule has 1 unspecified atom stereocenters. The summed E-state index contributed by atoms with van der Waals surface area (Å²) in [6, 6.07) is 6.66. The van der Waals surface area contributed by atoms with Gasteiger partial charge in [0.25, 0.3) is 5.91 Å². The van der Waals surface area contributed by atoms with Crippen LogP contribution in [0.4, 0.5) is 14.5 Å². The van der Waals surface area contributed by atoms with Gasteiger partial charge in [-0.2, -0.15) is 0 Å². The standard InChI is InChI=1S/C22H23F2N3O4/c1-4-17(13-8-14(23)10-15(24)9-13)25-19(11-28)20(12-29)26-18-7-5-6-16(21(18)30)22(31)27(2)3/h5-12,17,25-26,30H,4H2,1-3H3/b20-19-. The number of para-hydroxylation sites is 1. The zero-order valence-corrected chi connectivity index (χ0v) is 17.3. The van der Waals surface area contributed by atoms with E-state index in [0.29, 0.717) is 19.0 Å². The molecule has 0 saturated heterocycles. The van der Waals surface area contributed by atoms with E-state index < -0.39 is 29.3 Å². The van der Waals surface area contributed by atoms with Gasteiger partial charge in [-0.25, -0.2) is 8.78 Å². The van der Waals surface area contributed by atoms with Crippen molar-refractivity contribution in [2.75, 3.05) is 19.4 Å². The van der Waals surface area contributed by atoms with E-state index in [2.05, 4.69) is 10.6 Å². The van der Waals surface area contributed by atoms with Crippen molar-refractivity contribution in [3.05, 3.63) is 70.6 Å². The van der Waals surface area contributed by atoms with Gasteiger partial charge in [-0.05, 0) is 36.2 Å². The van der Waals surface area contributed by atoms with Crippen LogP contribution in [-0.2, 0) is 9.59 Å². The Morgan fingerprint density at radius 1 is 1.10 bits per heavy atom. The predicted octanol–water partition coefficient (Wildman–Crippen LogP) is 3.13. The second-order valence-corrected chi connectivity index (χ2v) is 6.90. The second-order valence-electron chi connectivity index (χ2n) is 6.90. The van der Waals surface area contributed by atoms with Crippen LogP contribution >= 0.6 is 0 Å². The predicted molar refractivity (Wildman–Crippen MR) is 111 cm³/mol. The molecule has 9 heteroatoms. The number of carbonyl (C=O) groups excluding carboxylic acids is 3. The van der Waals surface area contributed by atoms with Crippen molar-refractivity contribution in [1.29, 1.82) is 0 Å². The average molecular weight is 431 g/mol. The molecule has 31 heavy (non-hydrogen) atoms. The van der Waals surface area contributed by atoms with Gasteiger partial charge >= 0.3 is 0 Å². The molecular weight excluding hydrogens is 408 g/mol. The zero-order chi connectivity index (χ0) is 23.1. The summed E-state index contributed by atoms with van der Waals surface area (Å²) >= 11 is 0. The molecule has 1 amide bonds. The number of anilines is 1. The van der Waals surface area contributed by atoms with Crippen molar-refractivity contribution in [1.82, 2.24) is 10.2 Å². The van der Waals surface area contributed by atoms with E-state index in [0.717, 1.165) is 18.2 Å². The SMILES string of the molecule is CCC(N/C(C=O)=C(/C=O)Nc1cccc(C(=O)N(C)C)c1O)c1cc(F)cc(F)c1. The van der Waals surface area contributed by atoms with Gasteiger partial charge in [-0.3, -0.25) is 14.4 Å². The number of phenolic OH excluding ortho intramolecular Hbond substituents is 1. The number of phenols is 1. The van der Waals surface area contributed by atoms with Crippen molar-refractivity contribution in [2.45, 2.75) is 19.4 Å². The summed E-state index contributed by atoms with van der Waals surface area (Å²) in [4.78, 5) is 36.8. The Kier molecular flexibility index (Phi) is 7.84. The van der Waals surface area contributed by atoms with Crippen LogP contribution in [-0.4, -0.2) is 42.6 Å². The number of aldehydes is 2. The molecule has 0 heterocycles. The normalized spacial score (nSPS) is 12.4. The Bertz CT molecular complexity index is 1000. The molecule has 0 aliphatic heterocycles. The molecular formula is C22H23F2N3O4. The van der Waals surface area contributed by atoms with Crippen molar-refractivity contribution in [3.63, 3.8) is 0 Å². The number of carbonyl (C=O) groups is 3. The number of rotatable bonds is 9. The van der Waals surface area contributed by atoms with Crippen LogP contribution in [0.15, 0.2) is 47.8 Å². The number of halogens is 2. The minimum atomic E-state index is -0.770. The summed E-state index contributed by atoms with van der Waals surface area (Å²) in [6.07, 6.45) is 1.08. The third-order valence-corrected chi connectivity index (χ3v) is 4.49. The van der Waals surface area contributed by atoms with Gasteiger partial charge in [0.2, 0.25) is 0 Å². The summed E-state index contributed by atoms with van der Waals surface area (Å²) in [5, 5.41) is 15.9.